The summed E-state index contributed by atoms with van der Waals surface area (Å²) < 4.78 is 0. The Labute approximate surface area is 90.5 Å². The van der Waals surface area contributed by atoms with E-state index in [1.165, 1.54) is 0 Å². The zero-order valence-corrected chi connectivity index (χ0v) is 7.96. The number of hydrogen-bond donors (Lipinski definition) is 0. The summed E-state index contributed by atoms with van der Waals surface area (Å²) in [6.07, 6.45) is 0. The average molecular weight is 310 g/mol. The van der Waals surface area contributed by atoms with Crippen LogP contribution in [0.3, 0.4) is 0 Å². The standard InChI is InChI=1S/Ce.Fe.Mn.Ni. The van der Waals surface area contributed by atoms with Crippen molar-refractivity contribution in [3.8, 4) is 0 Å². The zero-order valence-electron chi connectivity index (χ0n) is 1.55. The van der Waals surface area contributed by atoms with Crippen molar-refractivity contribution in [1.29, 1.82) is 0 Å². The second-order valence-electron chi connectivity index (χ2n) is 0. The Kier molecular flexibility index (Phi) is 120. The molecule has 0 saturated heterocycles. The fourth-order valence-corrected chi connectivity index (χ4v) is 0. The predicted molar refractivity (Wildman–Crippen MR) is 0 cm³/mol. The van der Waals surface area contributed by atoms with E-state index in [2.05, 4.69) is 0 Å². The van der Waals surface area contributed by atoms with Gasteiger partial charge in [-0.1, -0.05) is 0 Å². The van der Waals surface area contributed by atoms with E-state index in [-0.39, 0.29) is 92.4 Å². The second-order valence-corrected chi connectivity index (χ2v) is 0. The minimum Gasteiger partial charge on any atom is 0 e. The molecule has 0 aromatic carbocycles. The van der Waals surface area contributed by atoms with Gasteiger partial charge in [-0.2, -0.15) is 0 Å². The third kappa shape index (κ3) is 8.86. The van der Waals surface area contributed by atoms with Gasteiger partial charge < -0.3 is 0 Å². The maximum atomic E-state index is 0. The molecule has 0 fully saturated rings. The van der Waals surface area contributed by atoms with Crippen LogP contribution in [0.2, 0.25) is 0 Å². The largest absolute Gasteiger partial charge is 0 e. The summed E-state index contributed by atoms with van der Waals surface area (Å²) >= 11 is 0. The molecule has 0 rings (SSSR count). The molecule has 0 nitrogen and oxygen atoms in total. The van der Waals surface area contributed by atoms with E-state index in [1.807, 2.05) is 0 Å². The van der Waals surface area contributed by atoms with Gasteiger partial charge in [0, 0.05) is 92.4 Å². The molecule has 0 aromatic heterocycles. The molecule has 0 bridgehead atoms. The first-order chi connectivity index (χ1) is 0. The van der Waals surface area contributed by atoms with Crippen molar-refractivity contribution in [3.63, 3.8) is 0 Å². The Balaban J connectivity index is 0. The Morgan fingerprint density at radius 1 is 1.00 bits per heavy atom. The minimum absolute atomic E-state index is 0. The third-order valence-corrected chi connectivity index (χ3v) is 0. The van der Waals surface area contributed by atoms with E-state index >= 15 is 0 Å². The summed E-state index contributed by atoms with van der Waals surface area (Å²) in [5.74, 6) is 0. The Morgan fingerprint density at radius 3 is 1.00 bits per heavy atom. The monoisotopic (exact) mass is 309 g/mol. The summed E-state index contributed by atoms with van der Waals surface area (Å²) in [6, 6.07) is 0. The van der Waals surface area contributed by atoms with Crippen LogP contribution in [0.5, 0.6) is 0 Å². The quantitative estimate of drug-likeness (QED) is 0.552. The average Bonchev–Trinajstić information content (AvgIpc) is 0. The normalized spacial score (nSPS) is 0. The van der Waals surface area contributed by atoms with E-state index < -0.39 is 0 Å². The van der Waals surface area contributed by atoms with E-state index in [9.17, 15) is 0 Å². The Bertz CT molecular complexity index is 8.00. The predicted octanol–water partition coefficient (Wildman–Crippen LogP) is -0.00750. The molecule has 29 valence electrons. The van der Waals surface area contributed by atoms with E-state index in [0.717, 1.165) is 0 Å². The van der Waals surface area contributed by atoms with Gasteiger partial charge >= 0.3 is 0 Å². The van der Waals surface area contributed by atoms with Gasteiger partial charge in [0.1, 0.15) is 0 Å². The molecule has 0 atom stereocenters. The molecule has 0 aliphatic heterocycles. The van der Waals surface area contributed by atoms with Crippen LogP contribution in [-0.4, -0.2) is 0 Å². The van der Waals surface area contributed by atoms with Gasteiger partial charge in [0.15, 0.2) is 0 Å². The fraction of sp³-hybridized carbons (Fsp3) is 0. The van der Waals surface area contributed by atoms with Gasteiger partial charge in [-0.3, -0.25) is 0 Å². The molecule has 0 amide bonds. The van der Waals surface area contributed by atoms with Crippen molar-refractivity contribution in [2.75, 3.05) is 0 Å². The van der Waals surface area contributed by atoms with Crippen LogP contribution in [0.4, 0.5) is 0 Å². The maximum absolute atomic E-state index is 0. The summed E-state index contributed by atoms with van der Waals surface area (Å²) in [6.45, 7) is 0. The molecule has 4 heavy (non-hydrogen) atoms. The molecule has 0 aromatic rings. The van der Waals surface area contributed by atoms with Crippen molar-refractivity contribution >= 4 is 0 Å². The first-order valence-corrected chi connectivity index (χ1v) is 0. The number of rotatable bonds is 0. The maximum Gasteiger partial charge on any atom is 0 e. The van der Waals surface area contributed by atoms with E-state index in [4.69, 9.17) is 0 Å². The molecule has 0 heterocycles. The first kappa shape index (κ1) is 28.5. The molecule has 0 aliphatic carbocycles. The summed E-state index contributed by atoms with van der Waals surface area (Å²) in [4.78, 5) is 0. The summed E-state index contributed by atoms with van der Waals surface area (Å²) in [5, 5.41) is 0. The van der Waals surface area contributed by atoms with Gasteiger partial charge in [0.2, 0.25) is 0 Å². The fourth-order valence-electron chi connectivity index (χ4n) is 0. The SMILES string of the molecule is [Ce].[Fe].[Mn].[Ni]. The van der Waals surface area contributed by atoms with Crippen LogP contribution < -0.4 is 0 Å². The zero-order chi connectivity index (χ0) is 0. The molecule has 0 saturated carbocycles. The molecule has 4 heteroatoms. The van der Waals surface area contributed by atoms with Crippen molar-refractivity contribution in [2.45, 2.75) is 0 Å². The van der Waals surface area contributed by atoms with E-state index in [1.54, 1.807) is 0 Å². The smallest absolute Gasteiger partial charge is 0 e. The van der Waals surface area contributed by atoms with Crippen LogP contribution >= 0.6 is 0 Å². The third-order valence-electron chi connectivity index (χ3n) is 0. The molecule has 0 unspecified atom stereocenters. The Hall–Kier alpha value is 2.91. The minimum atomic E-state index is 0. The van der Waals surface area contributed by atoms with Crippen LogP contribution in [0.1, 0.15) is 0 Å². The van der Waals surface area contributed by atoms with E-state index in [0.29, 0.717) is 0 Å². The van der Waals surface area contributed by atoms with Crippen LogP contribution in [0.15, 0.2) is 0 Å². The van der Waals surface area contributed by atoms with Gasteiger partial charge in [-0.15, -0.1) is 0 Å². The van der Waals surface area contributed by atoms with Gasteiger partial charge in [0.05, 0.1) is 0 Å². The molecular formula is CeFeMnNi. The molecule has 0 spiro atoms. The summed E-state index contributed by atoms with van der Waals surface area (Å²) in [7, 11) is 0. The molecule has 0 N–H and O–H groups in total. The van der Waals surface area contributed by atoms with Crippen LogP contribution in [-0.2, 0) is 50.6 Å². The van der Waals surface area contributed by atoms with Crippen molar-refractivity contribution < 1.29 is 92.4 Å². The van der Waals surface area contributed by atoms with Gasteiger partial charge in [0.25, 0.3) is 0 Å². The first-order valence-electron chi connectivity index (χ1n) is 0. The number of hydrogen-bond acceptors (Lipinski definition) is 0. The van der Waals surface area contributed by atoms with Crippen molar-refractivity contribution in [1.82, 2.24) is 0 Å². The molecule has 0 aliphatic rings. The topological polar surface area (TPSA) is 0 Å². The van der Waals surface area contributed by atoms with Crippen molar-refractivity contribution in [2.24, 2.45) is 0 Å². The molecule has 1 radical (unpaired) electrons. The summed E-state index contributed by atoms with van der Waals surface area (Å²) in [5.41, 5.74) is 0. The van der Waals surface area contributed by atoms with Gasteiger partial charge in [-0.25, -0.2) is 0 Å². The van der Waals surface area contributed by atoms with Gasteiger partial charge in [-0.05, 0) is 0 Å². The second kappa shape index (κ2) is 16.8. The van der Waals surface area contributed by atoms with Crippen molar-refractivity contribution in [3.05, 3.63) is 0 Å². The molecular weight excluding hydrogens is 310 g/mol. The van der Waals surface area contributed by atoms with Crippen LogP contribution in [0, 0.1) is 41.7 Å². The van der Waals surface area contributed by atoms with Crippen LogP contribution in [0.25, 0.3) is 0 Å². The Morgan fingerprint density at radius 2 is 1.00 bits per heavy atom.